The van der Waals surface area contributed by atoms with E-state index in [2.05, 4.69) is 11.7 Å². The second-order valence-electron chi connectivity index (χ2n) is 8.70. The van der Waals surface area contributed by atoms with E-state index >= 15 is 0 Å². The molecule has 0 fully saturated rings. The Balaban J connectivity index is 1.68. The molecule has 0 spiro atoms. The molecular weight excluding hydrogens is 553 g/mol. The standard InChI is InChI=1S/C28H20F5N3O5/c1-4-5-17-10-16(12-20(40-3)27(17)41-13-15-6-8-18(9-7-15)36(38)39)11-19-14(2)34-35(28(19)37)26-24(32)22(30)21(29)23(31)25(26)33/h4,6-12H,1,5,13H2,2-3H3/b19-11+. The number of nitrogens with zero attached hydrogens (tertiary/aromatic N) is 3. The van der Waals surface area contributed by atoms with Crippen molar-refractivity contribution in [1.29, 1.82) is 0 Å². The lowest BCUT2D eigenvalue weighted by Gasteiger charge is -2.16. The number of ether oxygens (including phenoxy) is 2. The summed E-state index contributed by atoms with van der Waals surface area (Å²) in [5, 5.41) is 14.7. The van der Waals surface area contributed by atoms with Crippen LogP contribution in [0.4, 0.5) is 33.3 Å². The van der Waals surface area contributed by atoms with Crippen LogP contribution < -0.4 is 14.5 Å². The zero-order valence-electron chi connectivity index (χ0n) is 21.5. The van der Waals surface area contributed by atoms with Gasteiger partial charge in [-0.15, -0.1) is 6.58 Å². The van der Waals surface area contributed by atoms with Gasteiger partial charge in [0.15, 0.2) is 34.8 Å². The van der Waals surface area contributed by atoms with E-state index in [0.29, 0.717) is 28.9 Å². The largest absolute Gasteiger partial charge is 0.493 e. The SMILES string of the molecule is C=CCc1cc(/C=C2/C(=O)N(c3c(F)c(F)c(F)c(F)c3F)N=C2C)cc(OC)c1OCc1ccc([N+](=O)[O-])cc1. The van der Waals surface area contributed by atoms with E-state index < -0.39 is 45.6 Å². The first-order chi connectivity index (χ1) is 19.5. The number of hydrogen-bond donors (Lipinski definition) is 0. The van der Waals surface area contributed by atoms with Gasteiger partial charge < -0.3 is 9.47 Å². The minimum Gasteiger partial charge on any atom is -0.493 e. The lowest BCUT2D eigenvalue weighted by molar-refractivity contribution is -0.384. The lowest BCUT2D eigenvalue weighted by Crippen LogP contribution is -2.25. The van der Waals surface area contributed by atoms with Crippen LogP contribution in [0.1, 0.15) is 23.6 Å². The van der Waals surface area contributed by atoms with Crippen LogP contribution >= 0.6 is 0 Å². The number of benzene rings is 3. The first kappa shape index (κ1) is 28.9. The van der Waals surface area contributed by atoms with E-state index in [9.17, 15) is 36.9 Å². The molecule has 0 aliphatic carbocycles. The number of carbonyl (C=O) groups excluding carboxylic acids is 1. The molecule has 0 aromatic heterocycles. The number of rotatable bonds is 9. The summed E-state index contributed by atoms with van der Waals surface area (Å²) in [6.07, 6.45) is 3.20. The van der Waals surface area contributed by atoms with Gasteiger partial charge in [-0.2, -0.15) is 10.1 Å². The Hall–Kier alpha value is -5.07. The minimum atomic E-state index is -2.36. The van der Waals surface area contributed by atoms with Gasteiger partial charge in [-0.1, -0.05) is 6.08 Å². The number of hydrogen-bond acceptors (Lipinski definition) is 6. The third kappa shape index (κ3) is 5.51. The van der Waals surface area contributed by atoms with Gasteiger partial charge in [0.05, 0.1) is 23.3 Å². The van der Waals surface area contributed by atoms with Crippen LogP contribution in [0.15, 0.2) is 59.7 Å². The zero-order chi connectivity index (χ0) is 30.0. The van der Waals surface area contributed by atoms with Crippen molar-refractivity contribution in [3.63, 3.8) is 0 Å². The maximum atomic E-state index is 14.4. The molecule has 1 aliphatic rings. The van der Waals surface area contributed by atoms with Crippen LogP contribution in [-0.2, 0) is 17.8 Å². The average Bonchev–Trinajstić information content (AvgIpc) is 3.22. The number of non-ortho nitro benzene ring substituents is 1. The number of halogens is 5. The summed E-state index contributed by atoms with van der Waals surface area (Å²) in [5.41, 5.74) is -0.181. The predicted octanol–water partition coefficient (Wildman–Crippen LogP) is 6.41. The van der Waals surface area contributed by atoms with Crippen molar-refractivity contribution in [2.75, 3.05) is 12.1 Å². The summed E-state index contributed by atoms with van der Waals surface area (Å²) >= 11 is 0. The van der Waals surface area contributed by atoms with E-state index in [1.807, 2.05) is 0 Å². The molecule has 13 heteroatoms. The average molecular weight is 573 g/mol. The van der Waals surface area contributed by atoms with Gasteiger partial charge in [-0.25, -0.2) is 22.0 Å². The molecule has 0 bridgehead atoms. The van der Waals surface area contributed by atoms with Gasteiger partial charge in [0.1, 0.15) is 12.3 Å². The Bertz CT molecular complexity index is 1610. The van der Waals surface area contributed by atoms with Crippen LogP contribution in [0.25, 0.3) is 6.08 Å². The molecule has 212 valence electrons. The smallest absolute Gasteiger partial charge is 0.280 e. The summed E-state index contributed by atoms with van der Waals surface area (Å²) in [7, 11) is 1.38. The van der Waals surface area contributed by atoms with Gasteiger partial charge in [0.2, 0.25) is 5.82 Å². The molecule has 3 aromatic rings. The fourth-order valence-corrected chi connectivity index (χ4v) is 4.04. The summed E-state index contributed by atoms with van der Waals surface area (Å²) in [4.78, 5) is 23.4. The van der Waals surface area contributed by atoms with Crippen molar-refractivity contribution < 1.29 is 41.1 Å². The third-order valence-electron chi connectivity index (χ3n) is 6.04. The predicted molar refractivity (Wildman–Crippen MR) is 139 cm³/mol. The molecule has 41 heavy (non-hydrogen) atoms. The fraction of sp³-hybridized carbons (Fsp3) is 0.143. The van der Waals surface area contributed by atoms with Crippen LogP contribution in [0, 0.1) is 39.2 Å². The second kappa shape index (κ2) is 11.6. The molecule has 0 saturated carbocycles. The van der Waals surface area contributed by atoms with Gasteiger partial charge >= 0.3 is 0 Å². The fourth-order valence-electron chi connectivity index (χ4n) is 4.04. The monoisotopic (exact) mass is 573 g/mol. The van der Waals surface area contributed by atoms with E-state index in [0.717, 1.165) is 0 Å². The minimum absolute atomic E-state index is 0.0401. The first-order valence-corrected chi connectivity index (χ1v) is 11.8. The maximum Gasteiger partial charge on any atom is 0.280 e. The molecule has 4 rings (SSSR count). The van der Waals surface area contributed by atoms with Crippen molar-refractivity contribution in [3.05, 3.63) is 111 Å². The van der Waals surface area contributed by atoms with Crippen molar-refractivity contribution >= 4 is 29.1 Å². The Kier molecular flexibility index (Phi) is 8.17. The van der Waals surface area contributed by atoms with Gasteiger partial charge in [0.25, 0.3) is 11.6 Å². The van der Waals surface area contributed by atoms with E-state index in [4.69, 9.17) is 9.47 Å². The molecule has 1 amide bonds. The number of allylic oxidation sites excluding steroid dienone is 1. The van der Waals surface area contributed by atoms with E-state index in [1.54, 1.807) is 24.3 Å². The van der Waals surface area contributed by atoms with Crippen molar-refractivity contribution in [2.45, 2.75) is 20.0 Å². The zero-order valence-corrected chi connectivity index (χ0v) is 21.5. The number of methoxy groups -OCH3 is 1. The second-order valence-corrected chi connectivity index (χ2v) is 8.70. The summed E-state index contributed by atoms with van der Waals surface area (Å²) < 4.78 is 81.2. The summed E-state index contributed by atoms with van der Waals surface area (Å²) in [5.74, 6) is -11.7. The van der Waals surface area contributed by atoms with Crippen molar-refractivity contribution in [2.24, 2.45) is 5.10 Å². The highest BCUT2D eigenvalue weighted by Crippen LogP contribution is 2.37. The number of hydrazone groups is 1. The molecule has 3 aromatic carbocycles. The van der Waals surface area contributed by atoms with Crippen LogP contribution in [0.3, 0.4) is 0 Å². The Labute approximate surface area is 229 Å². The topological polar surface area (TPSA) is 94.3 Å². The van der Waals surface area contributed by atoms with Gasteiger partial charge in [0, 0.05) is 17.7 Å². The molecule has 0 saturated heterocycles. The van der Waals surface area contributed by atoms with Gasteiger partial charge in [-0.05, 0) is 54.8 Å². The highest BCUT2D eigenvalue weighted by atomic mass is 19.2. The van der Waals surface area contributed by atoms with Crippen LogP contribution in [-0.4, -0.2) is 23.7 Å². The maximum absolute atomic E-state index is 14.4. The molecule has 0 N–H and O–H groups in total. The molecule has 0 unspecified atom stereocenters. The van der Waals surface area contributed by atoms with Crippen LogP contribution in [0.2, 0.25) is 0 Å². The number of nitro benzene ring substituents is 1. The Morgan fingerprint density at radius 3 is 2.20 bits per heavy atom. The van der Waals surface area contributed by atoms with Crippen molar-refractivity contribution in [3.8, 4) is 11.5 Å². The number of anilines is 1. The number of amides is 1. The first-order valence-electron chi connectivity index (χ1n) is 11.8. The molecule has 0 radical (unpaired) electrons. The normalized spacial score (nSPS) is 13.9. The molecule has 8 nitrogen and oxygen atoms in total. The lowest BCUT2D eigenvalue weighted by atomic mass is 10.0. The van der Waals surface area contributed by atoms with E-state index in [-0.39, 0.29) is 34.3 Å². The molecule has 0 atom stereocenters. The van der Waals surface area contributed by atoms with E-state index in [1.165, 1.54) is 38.3 Å². The molecular formula is C28H20F5N3O5. The quantitative estimate of drug-likeness (QED) is 0.0561. The van der Waals surface area contributed by atoms with Crippen LogP contribution in [0.5, 0.6) is 11.5 Å². The summed E-state index contributed by atoms with van der Waals surface area (Å²) in [6, 6.07) is 8.90. The summed E-state index contributed by atoms with van der Waals surface area (Å²) in [6.45, 7) is 5.09. The highest BCUT2D eigenvalue weighted by molar-refractivity contribution is 6.32. The Morgan fingerprint density at radius 2 is 1.63 bits per heavy atom. The molecule has 1 aliphatic heterocycles. The highest BCUT2D eigenvalue weighted by Gasteiger charge is 2.37. The van der Waals surface area contributed by atoms with Gasteiger partial charge in [-0.3, -0.25) is 14.9 Å². The van der Waals surface area contributed by atoms with Crippen molar-refractivity contribution in [1.82, 2.24) is 0 Å². The number of nitro groups is 1. The number of carbonyl (C=O) groups is 1. The molecule has 1 heterocycles. The third-order valence-corrected chi connectivity index (χ3v) is 6.04. The Morgan fingerprint density at radius 1 is 1.02 bits per heavy atom.